The van der Waals surface area contributed by atoms with E-state index in [9.17, 15) is 13.2 Å². The summed E-state index contributed by atoms with van der Waals surface area (Å²) in [5.74, 6) is -1.21. The normalized spacial score (nSPS) is 19.3. The number of aromatic nitrogens is 2. The summed E-state index contributed by atoms with van der Waals surface area (Å²) >= 11 is 0. The number of rotatable bonds is 4. The lowest BCUT2D eigenvalue weighted by Crippen LogP contribution is -2.33. The highest BCUT2D eigenvalue weighted by Gasteiger charge is 2.35. The Morgan fingerprint density at radius 2 is 2.20 bits per heavy atom. The Kier molecular flexibility index (Phi) is 4.32. The first-order valence-electron chi connectivity index (χ1n) is 6.48. The third-order valence-electron chi connectivity index (χ3n) is 3.14. The van der Waals surface area contributed by atoms with Gasteiger partial charge in [0, 0.05) is 25.8 Å². The van der Waals surface area contributed by atoms with E-state index < -0.39 is 12.0 Å². The Morgan fingerprint density at radius 3 is 2.75 bits per heavy atom. The molecule has 1 unspecified atom stereocenters. The maximum Gasteiger partial charge on any atom is 0.451 e. The lowest BCUT2D eigenvalue weighted by Gasteiger charge is -2.25. The molecule has 0 aromatic carbocycles. The topological polar surface area (TPSA) is 64.3 Å². The van der Waals surface area contributed by atoms with E-state index in [1.807, 2.05) is 6.92 Å². The van der Waals surface area contributed by atoms with E-state index in [0.717, 1.165) is 12.8 Å². The second-order valence-electron chi connectivity index (χ2n) is 4.65. The monoisotopic (exact) mass is 290 g/mol. The maximum absolute atomic E-state index is 12.7. The molecule has 1 aromatic heterocycles. The van der Waals surface area contributed by atoms with Gasteiger partial charge in [-0.3, -0.25) is 0 Å². The summed E-state index contributed by atoms with van der Waals surface area (Å²) in [5, 5.41) is 0. The zero-order valence-corrected chi connectivity index (χ0v) is 11.2. The molecule has 20 heavy (non-hydrogen) atoms. The van der Waals surface area contributed by atoms with Crippen molar-refractivity contribution >= 4 is 11.6 Å². The van der Waals surface area contributed by atoms with Crippen LogP contribution in [0.1, 0.15) is 25.6 Å². The van der Waals surface area contributed by atoms with Gasteiger partial charge in [-0.25, -0.2) is 9.97 Å². The summed E-state index contributed by atoms with van der Waals surface area (Å²) in [7, 11) is 0. The summed E-state index contributed by atoms with van der Waals surface area (Å²) in [5.41, 5.74) is 5.45. The molecule has 8 heteroatoms. The maximum atomic E-state index is 12.7. The fraction of sp³-hybridized carbons (Fsp3) is 0.667. The van der Waals surface area contributed by atoms with Crippen molar-refractivity contribution in [2.45, 2.75) is 32.0 Å². The molecule has 1 atom stereocenters. The van der Waals surface area contributed by atoms with Crippen LogP contribution >= 0.6 is 0 Å². The Bertz CT molecular complexity index is 461. The average Bonchev–Trinajstić information content (AvgIpc) is 2.87. The number of halogens is 3. The predicted molar refractivity (Wildman–Crippen MR) is 68.3 cm³/mol. The van der Waals surface area contributed by atoms with Gasteiger partial charge in [-0.05, 0) is 19.8 Å². The van der Waals surface area contributed by atoms with Crippen LogP contribution in [-0.4, -0.2) is 35.8 Å². The van der Waals surface area contributed by atoms with Crippen LogP contribution in [0.3, 0.4) is 0 Å². The van der Waals surface area contributed by atoms with Gasteiger partial charge in [0.2, 0.25) is 5.82 Å². The van der Waals surface area contributed by atoms with Gasteiger partial charge in [-0.2, -0.15) is 13.2 Å². The number of nitrogen functional groups attached to an aromatic ring is 1. The van der Waals surface area contributed by atoms with Crippen LogP contribution in [0.15, 0.2) is 6.07 Å². The molecular formula is C12H17F3N4O. The minimum absolute atomic E-state index is 0.0282. The Morgan fingerprint density at radius 1 is 1.45 bits per heavy atom. The van der Waals surface area contributed by atoms with E-state index in [2.05, 4.69) is 9.97 Å². The van der Waals surface area contributed by atoms with Crippen LogP contribution in [0.4, 0.5) is 24.8 Å². The minimum atomic E-state index is -4.60. The molecule has 0 aliphatic carbocycles. The lowest BCUT2D eigenvalue weighted by atomic mass is 10.2. The van der Waals surface area contributed by atoms with Crippen LogP contribution in [0, 0.1) is 0 Å². The molecule has 1 saturated heterocycles. The highest BCUT2D eigenvalue weighted by Crippen LogP contribution is 2.29. The van der Waals surface area contributed by atoms with Crippen molar-refractivity contribution in [1.29, 1.82) is 0 Å². The number of likely N-dealkylation sites (N-methyl/N-ethyl adjacent to an activating group) is 1. The van der Waals surface area contributed by atoms with Crippen molar-refractivity contribution in [3.05, 3.63) is 11.9 Å². The van der Waals surface area contributed by atoms with Gasteiger partial charge >= 0.3 is 6.18 Å². The summed E-state index contributed by atoms with van der Waals surface area (Å²) < 4.78 is 43.6. The van der Waals surface area contributed by atoms with Gasteiger partial charge in [-0.1, -0.05) is 0 Å². The molecule has 1 aliphatic heterocycles. The number of nitrogens with two attached hydrogens (primary N) is 1. The number of alkyl halides is 3. The first-order valence-corrected chi connectivity index (χ1v) is 6.48. The lowest BCUT2D eigenvalue weighted by molar-refractivity contribution is -0.144. The van der Waals surface area contributed by atoms with E-state index in [1.54, 1.807) is 4.90 Å². The van der Waals surface area contributed by atoms with E-state index in [4.69, 9.17) is 10.5 Å². The first-order chi connectivity index (χ1) is 9.40. The van der Waals surface area contributed by atoms with Crippen molar-refractivity contribution in [2.75, 3.05) is 30.3 Å². The molecule has 0 bridgehead atoms. The van der Waals surface area contributed by atoms with Crippen molar-refractivity contribution in [3.8, 4) is 0 Å². The number of anilines is 2. The van der Waals surface area contributed by atoms with Crippen LogP contribution in [0.2, 0.25) is 0 Å². The molecule has 112 valence electrons. The second-order valence-corrected chi connectivity index (χ2v) is 4.65. The summed E-state index contributed by atoms with van der Waals surface area (Å²) in [6.07, 6.45) is -2.70. The first kappa shape index (κ1) is 14.8. The van der Waals surface area contributed by atoms with Crippen molar-refractivity contribution in [2.24, 2.45) is 0 Å². The highest BCUT2D eigenvalue weighted by atomic mass is 19.4. The molecule has 2 rings (SSSR count). The largest absolute Gasteiger partial charge is 0.451 e. The standard InChI is InChI=1S/C12H17F3N4O/c1-2-19(7-8-4-3-5-20-8)10-6-9(16)17-11(18-10)12(13,14)15/h6,8H,2-5,7H2,1H3,(H2,16,17,18). The molecule has 1 aliphatic rings. The van der Waals surface area contributed by atoms with Crippen LogP contribution in [-0.2, 0) is 10.9 Å². The zero-order valence-electron chi connectivity index (χ0n) is 11.2. The molecule has 1 aromatic rings. The predicted octanol–water partition coefficient (Wildman–Crippen LogP) is 2.08. The molecule has 2 N–H and O–H groups in total. The van der Waals surface area contributed by atoms with Crippen LogP contribution < -0.4 is 10.6 Å². The number of hydrogen-bond donors (Lipinski definition) is 1. The molecule has 1 fully saturated rings. The minimum Gasteiger partial charge on any atom is -0.384 e. The van der Waals surface area contributed by atoms with E-state index in [-0.39, 0.29) is 17.7 Å². The van der Waals surface area contributed by atoms with Gasteiger partial charge in [0.25, 0.3) is 0 Å². The number of hydrogen-bond acceptors (Lipinski definition) is 5. The molecule has 2 heterocycles. The molecular weight excluding hydrogens is 273 g/mol. The van der Waals surface area contributed by atoms with Gasteiger partial charge in [0.1, 0.15) is 11.6 Å². The molecule has 5 nitrogen and oxygen atoms in total. The zero-order chi connectivity index (χ0) is 14.8. The Balaban J connectivity index is 2.22. The molecule has 0 spiro atoms. The van der Waals surface area contributed by atoms with Gasteiger partial charge < -0.3 is 15.4 Å². The number of ether oxygens (including phenoxy) is 1. The van der Waals surface area contributed by atoms with E-state index >= 15 is 0 Å². The van der Waals surface area contributed by atoms with E-state index in [0.29, 0.717) is 19.7 Å². The smallest absolute Gasteiger partial charge is 0.384 e. The van der Waals surface area contributed by atoms with Crippen LogP contribution in [0.25, 0.3) is 0 Å². The molecule has 0 amide bonds. The average molecular weight is 290 g/mol. The van der Waals surface area contributed by atoms with E-state index in [1.165, 1.54) is 6.07 Å². The summed E-state index contributed by atoms with van der Waals surface area (Å²) in [6, 6.07) is 1.35. The van der Waals surface area contributed by atoms with Crippen LogP contribution in [0.5, 0.6) is 0 Å². The second kappa shape index (κ2) is 5.82. The third kappa shape index (κ3) is 3.50. The Labute approximate surface area is 114 Å². The van der Waals surface area contributed by atoms with Gasteiger partial charge in [0.05, 0.1) is 6.10 Å². The molecule has 0 saturated carbocycles. The fourth-order valence-corrected chi connectivity index (χ4v) is 2.16. The number of nitrogens with zero attached hydrogens (tertiary/aromatic N) is 3. The third-order valence-corrected chi connectivity index (χ3v) is 3.14. The van der Waals surface area contributed by atoms with Crippen molar-refractivity contribution in [3.63, 3.8) is 0 Å². The van der Waals surface area contributed by atoms with Gasteiger partial charge in [-0.15, -0.1) is 0 Å². The SMILES string of the molecule is CCN(CC1CCCO1)c1cc(N)nc(C(F)(F)F)n1. The molecule has 0 radical (unpaired) electrons. The van der Waals surface area contributed by atoms with Crippen molar-refractivity contribution < 1.29 is 17.9 Å². The van der Waals surface area contributed by atoms with Gasteiger partial charge in [0.15, 0.2) is 0 Å². The van der Waals surface area contributed by atoms with Crippen molar-refractivity contribution in [1.82, 2.24) is 9.97 Å². The fourth-order valence-electron chi connectivity index (χ4n) is 2.16. The summed E-state index contributed by atoms with van der Waals surface area (Å²) in [4.78, 5) is 8.54. The Hall–Kier alpha value is -1.57. The highest BCUT2D eigenvalue weighted by molar-refractivity contribution is 5.47. The summed E-state index contributed by atoms with van der Waals surface area (Å²) in [6.45, 7) is 3.57. The quantitative estimate of drug-likeness (QED) is 0.919.